The summed E-state index contributed by atoms with van der Waals surface area (Å²) in [4.78, 5) is 18.7. The van der Waals surface area contributed by atoms with E-state index in [0.717, 1.165) is 20.3 Å². The van der Waals surface area contributed by atoms with Gasteiger partial charge in [-0.2, -0.15) is 0 Å². The van der Waals surface area contributed by atoms with Gasteiger partial charge in [-0.25, -0.2) is 0 Å². The average Bonchev–Trinajstić information content (AvgIpc) is 2.91. The number of para-hydroxylation sites is 1. The molecular weight excluding hydrogens is 348 g/mol. The predicted molar refractivity (Wildman–Crippen MR) is 89.6 cm³/mol. The van der Waals surface area contributed by atoms with Crippen LogP contribution < -0.4 is 0 Å². The highest BCUT2D eigenvalue weighted by Gasteiger charge is 2.15. The number of hydrogen-bond donors (Lipinski definition) is 0. The molecule has 3 aromatic rings. The molecule has 5 heteroatoms. The van der Waals surface area contributed by atoms with Crippen LogP contribution in [0.2, 0.25) is 0 Å². The Morgan fingerprint density at radius 3 is 2.90 bits per heavy atom. The quantitative estimate of drug-likeness (QED) is 0.696. The minimum atomic E-state index is 0.0101. The monoisotopic (exact) mass is 360 g/mol. The highest BCUT2D eigenvalue weighted by molar-refractivity contribution is 9.11. The minimum Gasteiger partial charge on any atom is -0.337 e. The van der Waals surface area contributed by atoms with Gasteiger partial charge in [0.2, 0.25) is 0 Å². The topological polar surface area (TPSA) is 33.2 Å². The molecular formula is C16H13BrN2OS. The van der Waals surface area contributed by atoms with Gasteiger partial charge in [-0.1, -0.05) is 18.2 Å². The van der Waals surface area contributed by atoms with Gasteiger partial charge < -0.3 is 4.90 Å². The third kappa shape index (κ3) is 2.99. The van der Waals surface area contributed by atoms with Gasteiger partial charge in [0.05, 0.1) is 14.9 Å². The lowest BCUT2D eigenvalue weighted by atomic mass is 10.1. The number of pyridine rings is 1. The van der Waals surface area contributed by atoms with Crippen LogP contribution in [0.5, 0.6) is 0 Å². The number of halogens is 1. The molecule has 0 atom stereocenters. The van der Waals surface area contributed by atoms with Crippen molar-refractivity contribution in [2.24, 2.45) is 0 Å². The van der Waals surface area contributed by atoms with Gasteiger partial charge in [-0.15, -0.1) is 11.3 Å². The molecule has 0 fully saturated rings. The maximum atomic E-state index is 12.7. The number of thiophene rings is 1. The van der Waals surface area contributed by atoms with E-state index in [1.54, 1.807) is 28.5 Å². The summed E-state index contributed by atoms with van der Waals surface area (Å²) in [6, 6.07) is 11.5. The second-order valence-corrected chi connectivity index (χ2v) is 7.09. The Labute approximate surface area is 135 Å². The third-order valence-electron chi connectivity index (χ3n) is 3.27. The number of hydrogen-bond acceptors (Lipinski definition) is 3. The Hall–Kier alpha value is -1.72. The molecule has 2 aromatic heterocycles. The number of amides is 1. The van der Waals surface area contributed by atoms with Crippen LogP contribution in [0.15, 0.2) is 51.8 Å². The predicted octanol–water partition coefficient (Wildman–Crippen LogP) is 4.33. The number of rotatable bonds is 3. The molecule has 0 unspecified atom stereocenters. The Morgan fingerprint density at radius 1 is 1.33 bits per heavy atom. The molecule has 0 radical (unpaired) electrons. The van der Waals surface area contributed by atoms with Crippen LogP contribution in [-0.2, 0) is 6.54 Å². The largest absolute Gasteiger partial charge is 0.337 e. The summed E-state index contributed by atoms with van der Waals surface area (Å²) >= 11 is 5.07. The zero-order valence-corrected chi connectivity index (χ0v) is 13.8. The normalized spacial score (nSPS) is 10.8. The fraction of sp³-hybridized carbons (Fsp3) is 0.125. The number of aromatic nitrogens is 1. The van der Waals surface area contributed by atoms with Gasteiger partial charge in [-0.3, -0.25) is 9.78 Å². The first-order chi connectivity index (χ1) is 10.1. The molecule has 0 bridgehead atoms. The van der Waals surface area contributed by atoms with Crippen LogP contribution in [0.1, 0.15) is 15.9 Å². The van der Waals surface area contributed by atoms with Gasteiger partial charge in [0, 0.05) is 25.2 Å². The van der Waals surface area contributed by atoms with E-state index in [4.69, 9.17) is 0 Å². The van der Waals surface area contributed by atoms with Crippen molar-refractivity contribution >= 4 is 44.1 Å². The second-order valence-electron chi connectivity index (χ2n) is 4.80. The first-order valence-corrected chi connectivity index (χ1v) is 8.14. The molecule has 3 nitrogen and oxygen atoms in total. The van der Waals surface area contributed by atoms with Crippen LogP contribution in [0.4, 0.5) is 0 Å². The van der Waals surface area contributed by atoms with E-state index < -0.39 is 0 Å². The fourth-order valence-electron chi connectivity index (χ4n) is 2.26. The number of carbonyl (C=O) groups excluding carboxylic acids is 1. The molecule has 0 aliphatic rings. The van der Waals surface area contributed by atoms with E-state index in [9.17, 15) is 4.79 Å². The lowest BCUT2D eigenvalue weighted by molar-refractivity contribution is 0.0787. The summed E-state index contributed by atoms with van der Waals surface area (Å²) in [5.41, 5.74) is 2.66. The fourth-order valence-corrected chi connectivity index (χ4v) is 3.46. The van der Waals surface area contributed by atoms with Crippen molar-refractivity contribution < 1.29 is 4.79 Å². The Kier molecular flexibility index (Phi) is 4.03. The smallest absolute Gasteiger partial charge is 0.254 e. The molecule has 3 rings (SSSR count). The molecule has 1 aromatic carbocycles. The van der Waals surface area contributed by atoms with Crippen LogP contribution in [0.3, 0.4) is 0 Å². The molecule has 106 valence electrons. The number of nitrogens with zero attached hydrogens (tertiary/aromatic N) is 2. The number of benzene rings is 1. The Morgan fingerprint density at radius 2 is 2.14 bits per heavy atom. The molecule has 0 aliphatic heterocycles. The van der Waals surface area contributed by atoms with Crippen molar-refractivity contribution in [1.29, 1.82) is 0 Å². The van der Waals surface area contributed by atoms with Gasteiger partial charge >= 0.3 is 0 Å². The SMILES string of the molecule is CN(Cc1csc(Br)c1)C(=O)c1ccnc2ccccc12. The van der Waals surface area contributed by atoms with Crippen molar-refractivity contribution in [3.05, 3.63) is 62.9 Å². The zero-order valence-electron chi connectivity index (χ0n) is 11.4. The first-order valence-electron chi connectivity index (χ1n) is 6.47. The lowest BCUT2D eigenvalue weighted by Gasteiger charge is -2.17. The molecule has 21 heavy (non-hydrogen) atoms. The summed E-state index contributed by atoms with van der Waals surface area (Å²) in [6.07, 6.45) is 1.69. The minimum absolute atomic E-state index is 0.0101. The number of carbonyl (C=O) groups is 1. The maximum Gasteiger partial charge on any atom is 0.254 e. The van der Waals surface area contributed by atoms with Crippen LogP contribution in [0.25, 0.3) is 10.9 Å². The number of fused-ring (bicyclic) bond motifs is 1. The van der Waals surface area contributed by atoms with Crippen molar-refractivity contribution in [1.82, 2.24) is 9.88 Å². The maximum absolute atomic E-state index is 12.7. The van der Waals surface area contributed by atoms with Crippen LogP contribution in [-0.4, -0.2) is 22.8 Å². The van der Waals surface area contributed by atoms with Crippen molar-refractivity contribution in [3.63, 3.8) is 0 Å². The molecule has 2 heterocycles. The summed E-state index contributed by atoms with van der Waals surface area (Å²) in [6.45, 7) is 0.595. The molecule has 0 saturated carbocycles. The standard InChI is InChI=1S/C16H13BrN2OS/c1-19(9-11-8-15(17)21-10-11)16(20)13-6-7-18-14-5-3-2-4-12(13)14/h2-8,10H,9H2,1H3. The van der Waals surface area contributed by atoms with Gasteiger partial charge in [0.15, 0.2) is 0 Å². The second kappa shape index (κ2) is 5.95. The van der Waals surface area contributed by atoms with E-state index in [-0.39, 0.29) is 5.91 Å². The van der Waals surface area contributed by atoms with E-state index in [2.05, 4.69) is 26.3 Å². The summed E-state index contributed by atoms with van der Waals surface area (Å²) in [5.74, 6) is 0.0101. The lowest BCUT2D eigenvalue weighted by Crippen LogP contribution is -2.26. The summed E-state index contributed by atoms with van der Waals surface area (Å²) < 4.78 is 1.08. The molecule has 0 spiro atoms. The summed E-state index contributed by atoms with van der Waals surface area (Å²) in [5, 5.41) is 2.95. The first kappa shape index (κ1) is 14.2. The van der Waals surface area contributed by atoms with E-state index in [1.165, 1.54) is 0 Å². The van der Waals surface area contributed by atoms with Crippen molar-refractivity contribution in [2.45, 2.75) is 6.54 Å². The molecule has 0 saturated heterocycles. The average molecular weight is 361 g/mol. The summed E-state index contributed by atoms with van der Waals surface area (Å²) in [7, 11) is 1.82. The van der Waals surface area contributed by atoms with E-state index >= 15 is 0 Å². The zero-order chi connectivity index (χ0) is 14.8. The van der Waals surface area contributed by atoms with E-state index in [0.29, 0.717) is 12.1 Å². The highest BCUT2D eigenvalue weighted by atomic mass is 79.9. The van der Waals surface area contributed by atoms with Crippen molar-refractivity contribution in [3.8, 4) is 0 Å². The van der Waals surface area contributed by atoms with Gasteiger partial charge in [-0.05, 0) is 45.1 Å². The highest BCUT2D eigenvalue weighted by Crippen LogP contribution is 2.23. The Bertz CT molecular complexity index is 794. The van der Waals surface area contributed by atoms with Crippen LogP contribution >= 0.6 is 27.3 Å². The van der Waals surface area contributed by atoms with E-state index in [1.807, 2.05) is 37.4 Å². The van der Waals surface area contributed by atoms with Crippen molar-refractivity contribution in [2.75, 3.05) is 7.05 Å². The third-order valence-corrected chi connectivity index (χ3v) is 4.82. The van der Waals surface area contributed by atoms with Gasteiger partial charge in [0.25, 0.3) is 5.91 Å². The van der Waals surface area contributed by atoms with Crippen LogP contribution in [0, 0.1) is 0 Å². The molecule has 1 amide bonds. The molecule has 0 aliphatic carbocycles. The Balaban J connectivity index is 1.89. The molecule has 0 N–H and O–H groups in total. The van der Waals surface area contributed by atoms with Gasteiger partial charge in [0.1, 0.15) is 0 Å².